The van der Waals surface area contributed by atoms with Gasteiger partial charge in [-0.05, 0) is 38.1 Å². The smallest absolute Gasteiger partial charge is 0.416 e. The molecule has 12 heteroatoms. The summed E-state index contributed by atoms with van der Waals surface area (Å²) >= 11 is 0. The van der Waals surface area contributed by atoms with Crippen LogP contribution in [0.4, 0.5) is 19.1 Å². The van der Waals surface area contributed by atoms with Gasteiger partial charge in [-0.2, -0.15) is 18.3 Å². The molecule has 1 aromatic carbocycles. The molecular formula is C20H16F3N5O4. The molecule has 0 aliphatic rings. The van der Waals surface area contributed by atoms with Crippen molar-refractivity contribution in [3.05, 3.63) is 76.0 Å². The predicted molar refractivity (Wildman–Crippen MR) is 105 cm³/mol. The molecule has 2 aromatic heterocycles. The molecule has 3 rings (SSSR count). The molecule has 2 heterocycles. The van der Waals surface area contributed by atoms with E-state index < -0.39 is 40.8 Å². The van der Waals surface area contributed by atoms with Crippen LogP contribution >= 0.6 is 0 Å². The normalized spacial score (nSPS) is 12.2. The first kappa shape index (κ1) is 22.6. The minimum atomic E-state index is -4.59. The zero-order valence-electron chi connectivity index (χ0n) is 16.8. The van der Waals surface area contributed by atoms with Gasteiger partial charge in [0.05, 0.1) is 11.3 Å². The summed E-state index contributed by atoms with van der Waals surface area (Å²) in [5.41, 5.74) is -2.25. The number of aryl methyl sites for hydroxylation is 1. The third-order valence-corrected chi connectivity index (χ3v) is 4.17. The van der Waals surface area contributed by atoms with Gasteiger partial charge in [0.25, 0.3) is 5.91 Å². The zero-order valence-corrected chi connectivity index (χ0v) is 16.8. The van der Waals surface area contributed by atoms with Crippen molar-refractivity contribution in [1.82, 2.24) is 19.7 Å². The molecule has 0 aliphatic heterocycles. The first-order chi connectivity index (χ1) is 15.1. The number of carbonyl (C=O) groups excluding carboxylic acids is 2. The maximum absolute atomic E-state index is 13.0. The Morgan fingerprint density at radius 2 is 1.81 bits per heavy atom. The molecule has 32 heavy (non-hydrogen) atoms. The Kier molecular flexibility index (Phi) is 6.32. The lowest BCUT2D eigenvalue weighted by atomic mass is 10.2. The van der Waals surface area contributed by atoms with Crippen molar-refractivity contribution >= 4 is 17.8 Å². The van der Waals surface area contributed by atoms with Crippen LogP contribution in [0.3, 0.4) is 0 Å². The predicted octanol–water partition coefficient (Wildman–Crippen LogP) is 2.53. The van der Waals surface area contributed by atoms with Gasteiger partial charge < -0.3 is 4.74 Å². The van der Waals surface area contributed by atoms with Crippen LogP contribution in [0.5, 0.6) is 0 Å². The van der Waals surface area contributed by atoms with Crippen molar-refractivity contribution in [2.24, 2.45) is 0 Å². The molecule has 0 radical (unpaired) electrons. The summed E-state index contributed by atoms with van der Waals surface area (Å²) < 4.78 is 45.1. The minimum Gasteiger partial charge on any atom is -0.448 e. The molecule has 1 N–H and O–H groups in total. The Labute approximate surface area is 178 Å². The number of alkyl halides is 3. The number of aromatic nitrogens is 4. The summed E-state index contributed by atoms with van der Waals surface area (Å²) in [5, 5.41) is 6.20. The van der Waals surface area contributed by atoms with Crippen molar-refractivity contribution in [2.75, 3.05) is 5.32 Å². The lowest BCUT2D eigenvalue weighted by molar-refractivity contribution is -0.137. The molecule has 3 aromatic rings. The highest BCUT2D eigenvalue weighted by Crippen LogP contribution is 2.30. The summed E-state index contributed by atoms with van der Waals surface area (Å²) in [6.07, 6.45) is -3.14. The molecule has 0 bridgehead atoms. The number of nitrogens with zero attached hydrogens (tertiary/aromatic N) is 4. The summed E-state index contributed by atoms with van der Waals surface area (Å²) in [5.74, 6) is -1.98. The standard InChI is InChI=1S/C20H16F3N5O4/c1-11-9-15(29)16(27-28(11)14-6-3-5-13(10-14)20(21,22)23)18(31)32-12(2)17(30)26-19-24-7-4-8-25-19/h3-10,12H,1-2H3,(H,24,25,26,30). The summed E-state index contributed by atoms with van der Waals surface area (Å²) in [6.45, 7) is 2.70. The quantitative estimate of drug-likeness (QED) is 0.598. The van der Waals surface area contributed by atoms with Gasteiger partial charge in [0, 0.05) is 24.2 Å². The van der Waals surface area contributed by atoms with E-state index in [1.165, 1.54) is 44.4 Å². The Morgan fingerprint density at radius 3 is 2.47 bits per heavy atom. The van der Waals surface area contributed by atoms with Crippen LogP contribution in [-0.4, -0.2) is 37.7 Å². The second kappa shape index (κ2) is 8.96. The highest BCUT2D eigenvalue weighted by Gasteiger charge is 2.31. The van der Waals surface area contributed by atoms with Gasteiger partial charge in [-0.1, -0.05) is 6.07 Å². The monoisotopic (exact) mass is 447 g/mol. The van der Waals surface area contributed by atoms with Crippen LogP contribution < -0.4 is 10.7 Å². The average Bonchev–Trinajstić information content (AvgIpc) is 2.74. The van der Waals surface area contributed by atoms with Crippen molar-refractivity contribution in [2.45, 2.75) is 26.1 Å². The summed E-state index contributed by atoms with van der Waals surface area (Å²) in [7, 11) is 0. The highest BCUT2D eigenvalue weighted by molar-refractivity contribution is 5.95. The maximum atomic E-state index is 13.0. The van der Waals surface area contributed by atoms with E-state index in [2.05, 4.69) is 20.4 Å². The number of hydrogen-bond donors (Lipinski definition) is 1. The Bertz CT molecular complexity index is 1210. The summed E-state index contributed by atoms with van der Waals surface area (Å²) in [6, 6.07) is 6.80. The number of ether oxygens (including phenoxy) is 1. The Hall–Kier alpha value is -4.09. The van der Waals surface area contributed by atoms with E-state index in [1.54, 1.807) is 0 Å². The van der Waals surface area contributed by atoms with Crippen molar-refractivity contribution in [3.63, 3.8) is 0 Å². The SMILES string of the molecule is Cc1cc(=O)c(C(=O)OC(C)C(=O)Nc2ncccn2)nn1-c1cccc(C(F)(F)F)c1. The molecule has 0 saturated carbocycles. The number of anilines is 1. The molecule has 0 spiro atoms. The second-order valence-corrected chi connectivity index (χ2v) is 6.57. The van der Waals surface area contributed by atoms with E-state index in [0.29, 0.717) is 0 Å². The fourth-order valence-electron chi connectivity index (χ4n) is 2.61. The van der Waals surface area contributed by atoms with Crippen molar-refractivity contribution < 1.29 is 27.5 Å². The molecule has 166 valence electrons. The molecule has 1 unspecified atom stereocenters. The number of esters is 1. The van der Waals surface area contributed by atoms with Gasteiger partial charge in [0.1, 0.15) is 0 Å². The van der Waals surface area contributed by atoms with Crippen LogP contribution in [0, 0.1) is 6.92 Å². The molecule has 9 nitrogen and oxygen atoms in total. The number of amides is 1. The largest absolute Gasteiger partial charge is 0.448 e. The van der Waals surface area contributed by atoms with E-state index in [-0.39, 0.29) is 17.3 Å². The molecule has 0 saturated heterocycles. The fourth-order valence-corrected chi connectivity index (χ4v) is 2.61. The first-order valence-corrected chi connectivity index (χ1v) is 9.13. The zero-order chi connectivity index (χ0) is 23.5. The number of halogens is 3. The number of benzene rings is 1. The summed E-state index contributed by atoms with van der Waals surface area (Å²) in [4.78, 5) is 44.5. The highest BCUT2D eigenvalue weighted by atomic mass is 19.4. The molecule has 1 amide bonds. The van der Waals surface area contributed by atoms with E-state index >= 15 is 0 Å². The van der Waals surface area contributed by atoms with E-state index in [4.69, 9.17) is 4.74 Å². The van der Waals surface area contributed by atoms with E-state index in [0.717, 1.165) is 22.9 Å². The van der Waals surface area contributed by atoms with Crippen LogP contribution in [0.2, 0.25) is 0 Å². The third-order valence-electron chi connectivity index (χ3n) is 4.17. The van der Waals surface area contributed by atoms with Crippen molar-refractivity contribution in [1.29, 1.82) is 0 Å². The minimum absolute atomic E-state index is 0.0132. The molecular weight excluding hydrogens is 431 g/mol. The lowest BCUT2D eigenvalue weighted by Crippen LogP contribution is -2.33. The van der Waals surface area contributed by atoms with Crippen molar-refractivity contribution in [3.8, 4) is 5.69 Å². The topological polar surface area (TPSA) is 116 Å². The van der Waals surface area contributed by atoms with Crippen LogP contribution in [-0.2, 0) is 15.7 Å². The number of rotatable bonds is 5. The van der Waals surface area contributed by atoms with E-state index in [9.17, 15) is 27.6 Å². The molecule has 0 aliphatic carbocycles. The third kappa shape index (κ3) is 5.14. The second-order valence-electron chi connectivity index (χ2n) is 6.57. The Balaban J connectivity index is 1.85. The number of nitrogens with one attached hydrogen (secondary N) is 1. The van der Waals surface area contributed by atoms with Gasteiger partial charge in [-0.25, -0.2) is 19.4 Å². The number of carbonyl (C=O) groups is 2. The van der Waals surface area contributed by atoms with E-state index in [1.807, 2.05) is 0 Å². The fraction of sp³-hybridized carbons (Fsp3) is 0.200. The van der Waals surface area contributed by atoms with Gasteiger partial charge in [0.2, 0.25) is 17.1 Å². The van der Waals surface area contributed by atoms with Gasteiger partial charge in [0.15, 0.2) is 6.10 Å². The average molecular weight is 447 g/mol. The van der Waals surface area contributed by atoms with Crippen LogP contribution in [0.25, 0.3) is 5.69 Å². The Morgan fingerprint density at radius 1 is 1.12 bits per heavy atom. The molecule has 1 atom stereocenters. The van der Waals surface area contributed by atoms with Gasteiger partial charge >= 0.3 is 12.1 Å². The van der Waals surface area contributed by atoms with Crippen LogP contribution in [0.1, 0.15) is 28.7 Å². The molecule has 0 fully saturated rings. The first-order valence-electron chi connectivity index (χ1n) is 9.13. The van der Waals surface area contributed by atoms with Gasteiger partial charge in [-0.15, -0.1) is 0 Å². The maximum Gasteiger partial charge on any atom is 0.416 e. The van der Waals surface area contributed by atoms with Gasteiger partial charge in [-0.3, -0.25) is 14.9 Å². The van der Waals surface area contributed by atoms with Crippen LogP contribution in [0.15, 0.2) is 53.6 Å². The lowest BCUT2D eigenvalue weighted by Gasteiger charge is -2.15. The number of hydrogen-bond acceptors (Lipinski definition) is 7.